The normalized spacial score (nSPS) is 14.7. The standard InChI is InChI=1S/C21H20FN5O/c1-24-18-5-2-14(3-6-18)20-25-21(28-26-20)15-4-7-19(16(12-15)13-23)27-10-8-17(22)9-11-27/h2-7,12,17,24H,8-11H2,1H3. The minimum Gasteiger partial charge on any atom is -0.388 e. The molecule has 0 radical (unpaired) electrons. The van der Waals surface area contributed by atoms with Crippen LogP contribution in [0.15, 0.2) is 47.0 Å². The molecule has 0 aliphatic carbocycles. The first-order chi connectivity index (χ1) is 13.7. The Kier molecular flexibility index (Phi) is 4.94. The summed E-state index contributed by atoms with van der Waals surface area (Å²) in [7, 11) is 1.86. The first-order valence-corrected chi connectivity index (χ1v) is 9.23. The summed E-state index contributed by atoms with van der Waals surface area (Å²) in [6.07, 6.45) is 0.234. The Morgan fingerprint density at radius 3 is 2.54 bits per heavy atom. The van der Waals surface area contributed by atoms with Crippen molar-refractivity contribution in [1.29, 1.82) is 5.26 Å². The van der Waals surface area contributed by atoms with E-state index in [1.807, 2.05) is 43.4 Å². The van der Waals surface area contributed by atoms with Gasteiger partial charge in [0.2, 0.25) is 5.82 Å². The van der Waals surface area contributed by atoms with E-state index in [9.17, 15) is 9.65 Å². The second-order valence-electron chi connectivity index (χ2n) is 6.76. The zero-order valence-electron chi connectivity index (χ0n) is 15.5. The van der Waals surface area contributed by atoms with Crippen LogP contribution in [0.1, 0.15) is 18.4 Å². The van der Waals surface area contributed by atoms with E-state index in [0.717, 1.165) is 16.9 Å². The molecule has 4 rings (SSSR count). The Morgan fingerprint density at radius 2 is 1.86 bits per heavy atom. The van der Waals surface area contributed by atoms with Crippen molar-refractivity contribution in [2.45, 2.75) is 19.0 Å². The lowest BCUT2D eigenvalue weighted by Crippen LogP contribution is -2.34. The molecule has 0 saturated carbocycles. The number of aromatic nitrogens is 2. The highest BCUT2D eigenvalue weighted by molar-refractivity contribution is 5.69. The predicted octanol–water partition coefficient (Wildman–Crippen LogP) is 4.26. The monoisotopic (exact) mass is 377 g/mol. The summed E-state index contributed by atoms with van der Waals surface area (Å²) in [5.41, 5.74) is 3.87. The van der Waals surface area contributed by atoms with Crippen LogP contribution in [0.5, 0.6) is 0 Å². The lowest BCUT2D eigenvalue weighted by molar-refractivity contribution is 0.277. The third-order valence-electron chi connectivity index (χ3n) is 4.99. The van der Waals surface area contributed by atoms with E-state index < -0.39 is 6.17 Å². The second kappa shape index (κ2) is 7.69. The molecule has 0 bridgehead atoms. The zero-order valence-corrected chi connectivity index (χ0v) is 15.5. The third-order valence-corrected chi connectivity index (χ3v) is 4.99. The van der Waals surface area contributed by atoms with Gasteiger partial charge in [-0.15, -0.1) is 0 Å². The number of benzene rings is 2. The van der Waals surface area contributed by atoms with Crippen LogP contribution < -0.4 is 10.2 Å². The van der Waals surface area contributed by atoms with E-state index in [-0.39, 0.29) is 0 Å². The van der Waals surface area contributed by atoms with Gasteiger partial charge in [-0.05, 0) is 55.3 Å². The maximum atomic E-state index is 13.4. The van der Waals surface area contributed by atoms with Gasteiger partial charge in [0.15, 0.2) is 0 Å². The van der Waals surface area contributed by atoms with Crippen molar-refractivity contribution in [2.75, 3.05) is 30.4 Å². The maximum Gasteiger partial charge on any atom is 0.258 e. The van der Waals surface area contributed by atoms with Gasteiger partial charge in [0.25, 0.3) is 5.89 Å². The van der Waals surface area contributed by atoms with Crippen molar-refractivity contribution in [3.63, 3.8) is 0 Å². The van der Waals surface area contributed by atoms with E-state index in [2.05, 4.69) is 26.4 Å². The summed E-state index contributed by atoms with van der Waals surface area (Å²) in [6, 6.07) is 15.4. The van der Waals surface area contributed by atoms with Crippen LogP contribution in [0.2, 0.25) is 0 Å². The number of hydrogen-bond acceptors (Lipinski definition) is 6. The van der Waals surface area contributed by atoms with Crippen molar-refractivity contribution < 1.29 is 8.91 Å². The molecule has 28 heavy (non-hydrogen) atoms. The Hall–Kier alpha value is -3.40. The van der Waals surface area contributed by atoms with Gasteiger partial charge < -0.3 is 14.7 Å². The molecule has 142 valence electrons. The molecule has 2 aromatic carbocycles. The summed E-state index contributed by atoms with van der Waals surface area (Å²) in [4.78, 5) is 6.52. The van der Waals surface area contributed by atoms with Crippen LogP contribution >= 0.6 is 0 Å². The minimum absolute atomic E-state index is 0.359. The Balaban J connectivity index is 1.59. The molecule has 3 aromatic rings. The molecule has 1 saturated heterocycles. The van der Waals surface area contributed by atoms with Gasteiger partial charge in [-0.1, -0.05) is 5.16 Å². The van der Waals surface area contributed by atoms with Gasteiger partial charge in [0.1, 0.15) is 12.2 Å². The van der Waals surface area contributed by atoms with Gasteiger partial charge in [0, 0.05) is 37.0 Å². The summed E-state index contributed by atoms with van der Waals surface area (Å²) in [6.45, 7) is 1.23. The number of rotatable bonds is 4. The lowest BCUT2D eigenvalue weighted by atomic mass is 10.0. The molecular formula is C21H20FN5O. The zero-order chi connectivity index (χ0) is 19.5. The van der Waals surface area contributed by atoms with Crippen LogP contribution in [0, 0.1) is 11.3 Å². The molecule has 0 spiro atoms. The van der Waals surface area contributed by atoms with E-state index in [0.29, 0.717) is 48.8 Å². The quantitative estimate of drug-likeness (QED) is 0.732. The summed E-state index contributed by atoms with van der Waals surface area (Å²) in [5.74, 6) is 0.850. The first-order valence-electron chi connectivity index (χ1n) is 9.23. The molecular weight excluding hydrogens is 357 g/mol. The van der Waals surface area contributed by atoms with Crippen molar-refractivity contribution in [3.05, 3.63) is 48.0 Å². The third kappa shape index (κ3) is 3.54. The van der Waals surface area contributed by atoms with Gasteiger partial charge in [-0.3, -0.25) is 0 Å². The van der Waals surface area contributed by atoms with Crippen LogP contribution in [0.3, 0.4) is 0 Å². The molecule has 1 aliphatic heterocycles. The fourth-order valence-corrected chi connectivity index (χ4v) is 3.37. The first kappa shape index (κ1) is 18.0. The number of hydrogen-bond donors (Lipinski definition) is 1. The van der Waals surface area contributed by atoms with Gasteiger partial charge in [-0.25, -0.2) is 4.39 Å². The highest BCUT2D eigenvalue weighted by Crippen LogP contribution is 2.30. The number of nitrogens with zero attached hydrogens (tertiary/aromatic N) is 4. The van der Waals surface area contributed by atoms with Gasteiger partial charge in [0.05, 0.1) is 11.3 Å². The smallest absolute Gasteiger partial charge is 0.258 e. The predicted molar refractivity (Wildman–Crippen MR) is 106 cm³/mol. The largest absolute Gasteiger partial charge is 0.388 e. The van der Waals surface area contributed by atoms with Crippen molar-refractivity contribution in [3.8, 4) is 28.9 Å². The average molecular weight is 377 g/mol. The number of anilines is 2. The fraction of sp³-hybridized carbons (Fsp3) is 0.286. The van der Waals surface area contributed by atoms with Crippen molar-refractivity contribution >= 4 is 11.4 Å². The highest BCUT2D eigenvalue weighted by Gasteiger charge is 2.21. The summed E-state index contributed by atoms with van der Waals surface area (Å²) < 4.78 is 18.8. The highest BCUT2D eigenvalue weighted by atomic mass is 19.1. The summed E-state index contributed by atoms with van der Waals surface area (Å²) in [5, 5.41) is 16.7. The lowest BCUT2D eigenvalue weighted by Gasteiger charge is -2.31. The average Bonchev–Trinajstić information content (AvgIpc) is 3.24. The van der Waals surface area contributed by atoms with Crippen molar-refractivity contribution in [2.24, 2.45) is 0 Å². The van der Waals surface area contributed by atoms with Gasteiger partial charge >= 0.3 is 0 Å². The van der Waals surface area contributed by atoms with Crippen LogP contribution in [-0.4, -0.2) is 36.4 Å². The Bertz CT molecular complexity index is 1000. The maximum absolute atomic E-state index is 13.4. The molecule has 1 aromatic heterocycles. The van der Waals surface area contributed by atoms with Crippen LogP contribution in [0.4, 0.5) is 15.8 Å². The van der Waals surface area contributed by atoms with Gasteiger partial charge in [-0.2, -0.15) is 10.2 Å². The topological polar surface area (TPSA) is 78.0 Å². The Labute approximate surface area is 162 Å². The molecule has 7 heteroatoms. The molecule has 0 amide bonds. The van der Waals surface area contributed by atoms with Crippen LogP contribution in [0.25, 0.3) is 22.8 Å². The number of nitrogens with one attached hydrogen (secondary N) is 1. The number of alkyl halides is 1. The van der Waals surface area contributed by atoms with Crippen molar-refractivity contribution in [1.82, 2.24) is 10.1 Å². The second-order valence-corrected chi connectivity index (χ2v) is 6.76. The fourth-order valence-electron chi connectivity index (χ4n) is 3.37. The van der Waals surface area contributed by atoms with E-state index in [1.54, 1.807) is 6.07 Å². The van der Waals surface area contributed by atoms with E-state index in [4.69, 9.17) is 4.52 Å². The Morgan fingerprint density at radius 1 is 1.14 bits per heavy atom. The molecule has 0 unspecified atom stereocenters. The molecule has 2 heterocycles. The van der Waals surface area contributed by atoms with Crippen LogP contribution in [-0.2, 0) is 0 Å². The molecule has 1 N–H and O–H groups in total. The minimum atomic E-state index is -0.750. The van der Waals surface area contributed by atoms with E-state index >= 15 is 0 Å². The molecule has 1 aliphatic rings. The summed E-state index contributed by atoms with van der Waals surface area (Å²) >= 11 is 0. The molecule has 0 atom stereocenters. The SMILES string of the molecule is CNc1ccc(-c2noc(-c3ccc(N4CCC(F)CC4)c(C#N)c3)n2)cc1. The number of nitriles is 1. The molecule has 1 fully saturated rings. The van der Waals surface area contributed by atoms with E-state index in [1.165, 1.54) is 0 Å². The number of halogens is 1. The number of piperidine rings is 1. The molecule has 6 nitrogen and oxygen atoms in total.